The summed E-state index contributed by atoms with van der Waals surface area (Å²) in [6.45, 7) is 6.21. The van der Waals surface area contributed by atoms with Gasteiger partial charge in [-0.2, -0.15) is 0 Å². The number of carbonyl (C=O) groups is 1. The van der Waals surface area contributed by atoms with E-state index in [2.05, 4.69) is 35.5 Å². The maximum Gasteiger partial charge on any atom is 0.223 e. The van der Waals surface area contributed by atoms with E-state index < -0.39 is 0 Å². The minimum absolute atomic E-state index is 0.102. The van der Waals surface area contributed by atoms with Crippen molar-refractivity contribution < 1.29 is 4.79 Å². The number of fused-ring (bicyclic) bond motifs is 1. The SMILES string of the molecule is Cc1ccc(C)n1CCCCCC(=O)N1CCCC1c1nc2ccccc2[nH]1. The summed E-state index contributed by atoms with van der Waals surface area (Å²) < 4.78 is 2.36. The number of aromatic amines is 1. The summed E-state index contributed by atoms with van der Waals surface area (Å²) in [6.07, 6.45) is 5.86. The van der Waals surface area contributed by atoms with Gasteiger partial charge < -0.3 is 14.5 Å². The third-order valence-electron chi connectivity index (χ3n) is 5.99. The smallest absolute Gasteiger partial charge is 0.223 e. The molecule has 0 aliphatic carbocycles. The van der Waals surface area contributed by atoms with E-state index in [4.69, 9.17) is 4.98 Å². The summed E-state index contributed by atoms with van der Waals surface area (Å²) in [4.78, 5) is 23.0. The summed E-state index contributed by atoms with van der Waals surface area (Å²) in [5, 5.41) is 0. The molecule has 1 aliphatic rings. The Kier molecular flexibility index (Phi) is 5.51. The molecule has 1 amide bonds. The number of unbranched alkanes of at least 4 members (excludes halogenated alkanes) is 2. The second-order valence-electron chi connectivity index (χ2n) is 7.96. The van der Waals surface area contributed by atoms with Gasteiger partial charge in [-0.1, -0.05) is 18.6 Å². The average molecular weight is 379 g/mol. The molecule has 1 atom stereocenters. The van der Waals surface area contributed by atoms with Crippen LogP contribution in [0.3, 0.4) is 0 Å². The molecule has 1 fully saturated rings. The fourth-order valence-corrected chi connectivity index (χ4v) is 4.40. The quantitative estimate of drug-likeness (QED) is 0.594. The summed E-state index contributed by atoms with van der Waals surface area (Å²) in [5.74, 6) is 1.21. The number of nitrogens with zero attached hydrogens (tertiary/aromatic N) is 3. The molecule has 28 heavy (non-hydrogen) atoms. The molecular formula is C23H30N4O. The van der Waals surface area contributed by atoms with Gasteiger partial charge in [0.05, 0.1) is 17.1 Å². The molecule has 0 spiro atoms. The number of rotatable bonds is 7. The van der Waals surface area contributed by atoms with Gasteiger partial charge in [-0.25, -0.2) is 4.98 Å². The van der Waals surface area contributed by atoms with Crippen LogP contribution < -0.4 is 0 Å². The van der Waals surface area contributed by atoms with Gasteiger partial charge in [-0.05, 0) is 63.8 Å². The van der Waals surface area contributed by atoms with Gasteiger partial charge in [0.25, 0.3) is 0 Å². The second kappa shape index (κ2) is 8.21. The predicted octanol–water partition coefficient (Wildman–Crippen LogP) is 4.91. The summed E-state index contributed by atoms with van der Waals surface area (Å²) >= 11 is 0. The van der Waals surface area contributed by atoms with Crippen molar-refractivity contribution in [1.82, 2.24) is 19.4 Å². The standard InChI is InChI=1S/C23H30N4O/c1-17-13-14-18(2)26(17)15-7-3-4-12-22(28)27-16-8-11-21(27)23-24-19-9-5-6-10-20(19)25-23/h5-6,9-10,13-14,21H,3-4,7-8,11-12,15-16H2,1-2H3,(H,24,25). The van der Waals surface area contributed by atoms with Crippen LogP contribution in [0.2, 0.25) is 0 Å². The average Bonchev–Trinajstić information content (AvgIpc) is 3.41. The first-order valence-corrected chi connectivity index (χ1v) is 10.5. The molecule has 1 N–H and O–H groups in total. The zero-order valence-electron chi connectivity index (χ0n) is 16.9. The van der Waals surface area contributed by atoms with E-state index in [0.717, 1.165) is 62.1 Å². The van der Waals surface area contributed by atoms with Gasteiger partial charge in [0.1, 0.15) is 5.82 Å². The third-order valence-corrected chi connectivity index (χ3v) is 5.99. The lowest BCUT2D eigenvalue weighted by atomic mass is 10.1. The Morgan fingerprint density at radius 2 is 1.89 bits per heavy atom. The van der Waals surface area contributed by atoms with Crippen molar-refractivity contribution >= 4 is 16.9 Å². The number of hydrogen-bond donors (Lipinski definition) is 1. The Bertz CT molecular complexity index is 902. The molecule has 1 aromatic carbocycles. The number of aryl methyl sites for hydroxylation is 2. The molecule has 1 aliphatic heterocycles. The molecule has 148 valence electrons. The zero-order chi connectivity index (χ0) is 19.5. The predicted molar refractivity (Wildman–Crippen MR) is 112 cm³/mol. The molecule has 4 rings (SSSR count). The molecule has 1 saturated heterocycles. The minimum Gasteiger partial charge on any atom is -0.349 e. The minimum atomic E-state index is 0.102. The molecule has 0 saturated carbocycles. The van der Waals surface area contributed by atoms with Gasteiger partial charge in [0, 0.05) is 30.9 Å². The molecule has 0 bridgehead atoms. The Labute approximate surface area is 166 Å². The highest BCUT2D eigenvalue weighted by Gasteiger charge is 2.31. The fourth-order valence-electron chi connectivity index (χ4n) is 4.40. The summed E-state index contributed by atoms with van der Waals surface area (Å²) in [6, 6.07) is 12.5. The first-order valence-electron chi connectivity index (χ1n) is 10.5. The van der Waals surface area contributed by atoms with E-state index in [1.807, 2.05) is 29.2 Å². The molecule has 3 aromatic rings. The van der Waals surface area contributed by atoms with Crippen LogP contribution in [0.25, 0.3) is 11.0 Å². The Morgan fingerprint density at radius 3 is 2.68 bits per heavy atom. The number of H-pyrrole nitrogens is 1. The number of benzene rings is 1. The van der Waals surface area contributed by atoms with Crippen molar-refractivity contribution in [1.29, 1.82) is 0 Å². The van der Waals surface area contributed by atoms with Crippen molar-refractivity contribution in [2.75, 3.05) is 6.54 Å². The number of carbonyl (C=O) groups excluding carboxylic acids is 1. The molecule has 5 nitrogen and oxygen atoms in total. The Morgan fingerprint density at radius 1 is 1.11 bits per heavy atom. The third kappa shape index (κ3) is 3.84. The highest BCUT2D eigenvalue weighted by Crippen LogP contribution is 2.32. The van der Waals surface area contributed by atoms with Crippen molar-refractivity contribution in [2.45, 2.75) is 65.0 Å². The largest absolute Gasteiger partial charge is 0.349 e. The zero-order valence-corrected chi connectivity index (χ0v) is 16.9. The Balaban J connectivity index is 1.29. The van der Waals surface area contributed by atoms with E-state index in [-0.39, 0.29) is 11.9 Å². The number of amides is 1. The van der Waals surface area contributed by atoms with E-state index in [9.17, 15) is 4.79 Å². The molecule has 1 unspecified atom stereocenters. The lowest BCUT2D eigenvalue weighted by Gasteiger charge is -2.23. The van der Waals surface area contributed by atoms with Gasteiger partial charge >= 0.3 is 0 Å². The van der Waals surface area contributed by atoms with E-state index in [1.165, 1.54) is 11.4 Å². The summed E-state index contributed by atoms with van der Waals surface area (Å²) in [7, 11) is 0. The Hall–Kier alpha value is -2.56. The van der Waals surface area contributed by atoms with E-state index in [1.54, 1.807) is 0 Å². The van der Waals surface area contributed by atoms with Crippen LogP contribution >= 0.6 is 0 Å². The van der Waals surface area contributed by atoms with Gasteiger partial charge in [0.2, 0.25) is 5.91 Å². The van der Waals surface area contributed by atoms with Crippen LogP contribution in [0.15, 0.2) is 36.4 Å². The lowest BCUT2D eigenvalue weighted by molar-refractivity contribution is -0.132. The number of nitrogens with one attached hydrogen (secondary N) is 1. The number of aromatic nitrogens is 3. The van der Waals surface area contributed by atoms with Crippen LogP contribution in [0.5, 0.6) is 0 Å². The highest BCUT2D eigenvalue weighted by atomic mass is 16.2. The fraction of sp³-hybridized carbons (Fsp3) is 0.478. The van der Waals surface area contributed by atoms with Gasteiger partial charge in [-0.15, -0.1) is 0 Å². The highest BCUT2D eigenvalue weighted by molar-refractivity contribution is 5.78. The topological polar surface area (TPSA) is 53.9 Å². The van der Waals surface area contributed by atoms with Crippen molar-refractivity contribution in [3.63, 3.8) is 0 Å². The lowest BCUT2D eigenvalue weighted by Crippen LogP contribution is -2.30. The van der Waals surface area contributed by atoms with Gasteiger partial charge in [0.15, 0.2) is 0 Å². The number of imidazole rings is 1. The van der Waals surface area contributed by atoms with Gasteiger partial charge in [-0.3, -0.25) is 4.79 Å². The maximum atomic E-state index is 12.8. The van der Waals surface area contributed by atoms with Crippen LogP contribution in [-0.2, 0) is 11.3 Å². The van der Waals surface area contributed by atoms with Crippen LogP contribution in [0.4, 0.5) is 0 Å². The second-order valence-corrected chi connectivity index (χ2v) is 7.96. The summed E-state index contributed by atoms with van der Waals surface area (Å²) in [5.41, 5.74) is 4.67. The molecule has 5 heteroatoms. The van der Waals surface area contributed by atoms with Crippen molar-refractivity contribution in [3.05, 3.63) is 53.6 Å². The van der Waals surface area contributed by atoms with Crippen LogP contribution in [-0.4, -0.2) is 31.9 Å². The maximum absolute atomic E-state index is 12.8. The van der Waals surface area contributed by atoms with E-state index >= 15 is 0 Å². The van der Waals surface area contributed by atoms with Crippen LogP contribution in [0.1, 0.15) is 61.8 Å². The van der Waals surface area contributed by atoms with E-state index in [0.29, 0.717) is 6.42 Å². The monoisotopic (exact) mass is 378 g/mol. The first kappa shape index (κ1) is 18.8. The molecule has 0 radical (unpaired) electrons. The number of likely N-dealkylation sites (tertiary alicyclic amines) is 1. The first-order chi connectivity index (χ1) is 13.6. The normalized spacial score (nSPS) is 16.9. The van der Waals surface area contributed by atoms with Crippen molar-refractivity contribution in [3.8, 4) is 0 Å². The number of hydrogen-bond acceptors (Lipinski definition) is 2. The number of para-hydroxylation sites is 2. The van der Waals surface area contributed by atoms with Crippen LogP contribution in [0, 0.1) is 13.8 Å². The van der Waals surface area contributed by atoms with Crippen molar-refractivity contribution in [2.24, 2.45) is 0 Å². The molecule has 2 aromatic heterocycles. The molecule has 3 heterocycles. The molecular weight excluding hydrogens is 348 g/mol.